The molecule has 0 bridgehead atoms. The highest BCUT2D eigenvalue weighted by Crippen LogP contribution is 2.12. The summed E-state index contributed by atoms with van der Waals surface area (Å²) in [6.07, 6.45) is 1.85. The van der Waals surface area contributed by atoms with Gasteiger partial charge in [-0.3, -0.25) is 4.79 Å². The number of carbonyl (C=O) groups is 2. The molecule has 3 N–H and O–H groups in total. The number of carbonyl (C=O) groups excluding carboxylic acids is 1. The molecule has 1 aromatic carbocycles. The maximum Gasteiger partial charge on any atom is 0.319 e. The predicted molar refractivity (Wildman–Crippen MR) is 80.5 cm³/mol. The number of rotatable bonds is 4. The van der Waals surface area contributed by atoms with E-state index in [0.717, 1.165) is 25.9 Å². The zero-order chi connectivity index (χ0) is 15.2. The molecular weight excluding hydrogens is 270 g/mol. The number of hydrogen-bond acceptors (Lipinski definition) is 3. The van der Waals surface area contributed by atoms with Crippen LogP contribution >= 0.6 is 0 Å². The largest absolute Gasteiger partial charge is 0.481 e. The van der Waals surface area contributed by atoms with Gasteiger partial charge in [0, 0.05) is 11.7 Å². The van der Waals surface area contributed by atoms with Crippen LogP contribution in [0.25, 0.3) is 0 Å². The van der Waals surface area contributed by atoms with Gasteiger partial charge in [-0.2, -0.15) is 0 Å². The van der Waals surface area contributed by atoms with Gasteiger partial charge in [-0.05, 0) is 50.7 Å². The highest BCUT2D eigenvalue weighted by molar-refractivity contribution is 5.89. The lowest BCUT2D eigenvalue weighted by Gasteiger charge is -2.29. The molecule has 0 unspecified atom stereocenters. The molecule has 0 saturated carbocycles. The van der Waals surface area contributed by atoms with Gasteiger partial charge in [-0.1, -0.05) is 12.1 Å². The van der Waals surface area contributed by atoms with Gasteiger partial charge in [0.05, 0.1) is 6.42 Å². The SMILES string of the molecule is CN1CCC(NC(=O)Nc2cccc(CC(=O)O)c2)CC1. The van der Waals surface area contributed by atoms with Gasteiger partial charge in [0.15, 0.2) is 0 Å². The van der Waals surface area contributed by atoms with Gasteiger partial charge in [0.2, 0.25) is 0 Å². The number of amides is 2. The summed E-state index contributed by atoms with van der Waals surface area (Å²) in [5, 5.41) is 14.5. The molecule has 2 amide bonds. The number of benzene rings is 1. The second-order valence-electron chi connectivity index (χ2n) is 5.45. The molecule has 1 fully saturated rings. The summed E-state index contributed by atoms with van der Waals surface area (Å²) in [6, 6.07) is 6.86. The summed E-state index contributed by atoms with van der Waals surface area (Å²) in [5.41, 5.74) is 1.28. The highest BCUT2D eigenvalue weighted by atomic mass is 16.4. The van der Waals surface area contributed by atoms with E-state index in [-0.39, 0.29) is 18.5 Å². The molecule has 1 aromatic rings. The van der Waals surface area contributed by atoms with Crippen LogP contribution in [0.3, 0.4) is 0 Å². The number of nitrogens with one attached hydrogen (secondary N) is 2. The average molecular weight is 291 g/mol. The zero-order valence-electron chi connectivity index (χ0n) is 12.1. The van der Waals surface area contributed by atoms with Crippen LogP contribution in [-0.4, -0.2) is 48.2 Å². The van der Waals surface area contributed by atoms with Crippen molar-refractivity contribution in [3.63, 3.8) is 0 Å². The first-order chi connectivity index (χ1) is 10.0. The number of carboxylic acid groups (broad SMARTS) is 1. The Kier molecular flexibility index (Phi) is 5.16. The molecule has 1 aliphatic heterocycles. The van der Waals surface area contributed by atoms with E-state index in [2.05, 4.69) is 22.6 Å². The van der Waals surface area contributed by atoms with Crippen molar-refractivity contribution in [1.29, 1.82) is 0 Å². The number of anilines is 1. The van der Waals surface area contributed by atoms with Crippen LogP contribution in [0.1, 0.15) is 18.4 Å². The highest BCUT2D eigenvalue weighted by Gasteiger charge is 2.18. The standard InChI is InChI=1S/C15H21N3O3/c1-18-7-5-12(6-8-18)16-15(21)17-13-4-2-3-11(9-13)10-14(19)20/h2-4,9,12H,5-8,10H2,1H3,(H,19,20)(H2,16,17,21). The number of likely N-dealkylation sites (tertiary alicyclic amines) is 1. The Labute approximate surface area is 124 Å². The van der Waals surface area contributed by atoms with Crippen LogP contribution in [0, 0.1) is 0 Å². The van der Waals surface area contributed by atoms with Crippen molar-refractivity contribution in [3.8, 4) is 0 Å². The maximum atomic E-state index is 11.9. The van der Waals surface area contributed by atoms with Gasteiger partial charge in [-0.25, -0.2) is 4.79 Å². The van der Waals surface area contributed by atoms with Crippen LogP contribution in [0.5, 0.6) is 0 Å². The Morgan fingerprint density at radius 2 is 2.05 bits per heavy atom. The van der Waals surface area contributed by atoms with Crippen LogP contribution in [-0.2, 0) is 11.2 Å². The summed E-state index contributed by atoms with van der Waals surface area (Å²) in [7, 11) is 2.07. The Balaban J connectivity index is 1.86. The summed E-state index contributed by atoms with van der Waals surface area (Å²) < 4.78 is 0. The molecule has 6 heteroatoms. The number of piperidine rings is 1. The van der Waals surface area contributed by atoms with E-state index >= 15 is 0 Å². The first kappa shape index (κ1) is 15.3. The smallest absolute Gasteiger partial charge is 0.319 e. The monoisotopic (exact) mass is 291 g/mol. The lowest BCUT2D eigenvalue weighted by Crippen LogP contribution is -2.44. The molecule has 21 heavy (non-hydrogen) atoms. The predicted octanol–water partition coefficient (Wildman–Crippen LogP) is 1.53. The fraction of sp³-hybridized carbons (Fsp3) is 0.467. The first-order valence-electron chi connectivity index (χ1n) is 7.10. The van der Waals surface area contributed by atoms with Gasteiger partial charge in [0.25, 0.3) is 0 Å². The fourth-order valence-electron chi connectivity index (χ4n) is 2.44. The van der Waals surface area contributed by atoms with Gasteiger partial charge in [0.1, 0.15) is 0 Å². The van der Waals surface area contributed by atoms with Crippen molar-refractivity contribution >= 4 is 17.7 Å². The lowest BCUT2D eigenvalue weighted by molar-refractivity contribution is -0.136. The second-order valence-corrected chi connectivity index (χ2v) is 5.45. The summed E-state index contributed by atoms with van der Waals surface area (Å²) in [6.45, 7) is 1.97. The van der Waals surface area contributed by atoms with E-state index in [1.807, 2.05) is 0 Å². The molecule has 1 saturated heterocycles. The zero-order valence-corrected chi connectivity index (χ0v) is 12.1. The first-order valence-corrected chi connectivity index (χ1v) is 7.10. The summed E-state index contributed by atoms with van der Waals surface area (Å²) in [5.74, 6) is -0.886. The van der Waals surface area contributed by atoms with Crippen LogP contribution in [0.4, 0.5) is 10.5 Å². The third-order valence-electron chi connectivity index (χ3n) is 3.59. The molecule has 0 atom stereocenters. The second kappa shape index (κ2) is 7.08. The molecule has 0 radical (unpaired) electrons. The van der Waals surface area contributed by atoms with E-state index in [4.69, 9.17) is 5.11 Å². The maximum absolute atomic E-state index is 11.9. The minimum absolute atomic E-state index is 0.0495. The molecule has 6 nitrogen and oxygen atoms in total. The molecule has 0 aromatic heterocycles. The third-order valence-corrected chi connectivity index (χ3v) is 3.59. The van der Waals surface area contributed by atoms with Gasteiger partial charge >= 0.3 is 12.0 Å². The fourth-order valence-corrected chi connectivity index (χ4v) is 2.44. The molecule has 0 spiro atoms. The van der Waals surface area contributed by atoms with E-state index in [9.17, 15) is 9.59 Å². The Hall–Kier alpha value is -2.08. The molecule has 1 aliphatic rings. The van der Waals surface area contributed by atoms with Gasteiger partial charge in [-0.15, -0.1) is 0 Å². The molecule has 0 aliphatic carbocycles. The van der Waals surface area contributed by atoms with Crippen LogP contribution in [0.15, 0.2) is 24.3 Å². The Morgan fingerprint density at radius 3 is 2.71 bits per heavy atom. The summed E-state index contributed by atoms with van der Waals surface area (Å²) in [4.78, 5) is 24.9. The van der Waals surface area contributed by atoms with Crippen LogP contribution < -0.4 is 10.6 Å². The molecule has 2 rings (SSSR count). The quantitative estimate of drug-likeness (QED) is 0.786. The van der Waals surface area contributed by atoms with E-state index in [0.29, 0.717) is 11.3 Å². The van der Waals surface area contributed by atoms with Crippen molar-refractivity contribution in [3.05, 3.63) is 29.8 Å². The number of carboxylic acids is 1. The van der Waals surface area contributed by atoms with Crippen molar-refractivity contribution in [1.82, 2.24) is 10.2 Å². The topological polar surface area (TPSA) is 81.7 Å². The lowest BCUT2D eigenvalue weighted by atomic mass is 10.1. The third kappa shape index (κ3) is 5.07. The Morgan fingerprint density at radius 1 is 1.33 bits per heavy atom. The van der Waals surface area contributed by atoms with Crippen LogP contribution in [0.2, 0.25) is 0 Å². The normalized spacial score (nSPS) is 16.4. The van der Waals surface area contributed by atoms with Crippen molar-refractivity contribution in [2.24, 2.45) is 0 Å². The van der Waals surface area contributed by atoms with E-state index in [1.165, 1.54) is 0 Å². The number of urea groups is 1. The molecular formula is C15H21N3O3. The van der Waals surface area contributed by atoms with Crippen molar-refractivity contribution in [2.45, 2.75) is 25.3 Å². The molecule has 1 heterocycles. The minimum Gasteiger partial charge on any atom is -0.481 e. The van der Waals surface area contributed by atoms with E-state index < -0.39 is 5.97 Å². The number of hydrogen-bond donors (Lipinski definition) is 3. The van der Waals surface area contributed by atoms with Crippen molar-refractivity contribution < 1.29 is 14.7 Å². The average Bonchev–Trinajstić information content (AvgIpc) is 2.41. The van der Waals surface area contributed by atoms with E-state index in [1.54, 1.807) is 24.3 Å². The minimum atomic E-state index is -0.886. The number of aliphatic carboxylic acids is 1. The summed E-state index contributed by atoms with van der Waals surface area (Å²) >= 11 is 0. The Bertz CT molecular complexity index is 511. The molecule has 114 valence electrons. The van der Waals surface area contributed by atoms with Gasteiger partial charge < -0.3 is 20.6 Å². The van der Waals surface area contributed by atoms with Crippen molar-refractivity contribution in [2.75, 3.05) is 25.5 Å². The number of nitrogens with zero attached hydrogens (tertiary/aromatic N) is 1.